The Kier molecular flexibility index (Phi) is 6.91. The van der Waals surface area contributed by atoms with Gasteiger partial charge in [-0.15, -0.1) is 11.3 Å². The molecule has 39 heavy (non-hydrogen) atoms. The fourth-order valence-corrected chi connectivity index (χ4v) is 8.66. The first-order chi connectivity index (χ1) is 18.7. The van der Waals surface area contributed by atoms with E-state index < -0.39 is 27.9 Å². The van der Waals surface area contributed by atoms with Gasteiger partial charge in [-0.1, -0.05) is 34.8 Å². The zero-order valence-corrected chi connectivity index (χ0v) is 24.4. The number of aromatic nitrogens is 1. The van der Waals surface area contributed by atoms with E-state index in [1.165, 1.54) is 22.0 Å². The number of amides is 2. The number of nitrogens with zero attached hydrogens (tertiary/aromatic N) is 3. The Balaban J connectivity index is 1.30. The van der Waals surface area contributed by atoms with Gasteiger partial charge in [-0.05, 0) is 86.0 Å². The third-order valence-electron chi connectivity index (χ3n) is 7.42. The van der Waals surface area contributed by atoms with Crippen LogP contribution in [-0.2, 0) is 19.6 Å². The Morgan fingerprint density at radius 3 is 2.36 bits per heavy atom. The van der Waals surface area contributed by atoms with Crippen molar-refractivity contribution in [2.24, 2.45) is 0 Å². The van der Waals surface area contributed by atoms with Crippen LogP contribution < -0.4 is 4.90 Å². The number of benzene rings is 3. The van der Waals surface area contributed by atoms with Gasteiger partial charge in [-0.25, -0.2) is 18.3 Å². The summed E-state index contributed by atoms with van der Waals surface area (Å²) in [4.78, 5) is 32.9. The Morgan fingerprint density at radius 1 is 0.974 bits per heavy atom. The highest BCUT2D eigenvalue weighted by Gasteiger charge is 2.49. The number of anilines is 1. The number of halogens is 1. The molecule has 4 aromatic rings. The summed E-state index contributed by atoms with van der Waals surface area (Å²) in [7, 11) is -4.00. The van der Waals surface area contributed by atoms with Crippen LogP contribution in [0.5, 0.6) is 0 Å². The van der Waals surface area contributed by atoms with Crippen molar-refractivity contribution in [3.8, 4) is 10.6 Å². The highest BCUT2D eigenvalue weighted by atomic mass is 79.9. The van der Waals surface area contributed by atoms with Gasteiger partial charge in [0, 0.05) is 16.1 Å². The summed E-state index contributed by atoms with van der Waals surface area (Å²) in [6.07, 6.45) is 2.95. The first kappa shape index (κ1) is 26.3. The molecular formula is C29H26BrN3O4S2. The number of sulfonamides is 1. The maximum atomic E-state index is 13.8. The van der Waals surface area contributed by atoms with E-state index in [1.54, 1.807) is 35.6 Å². The minimum absolute atomic E-state index is 0.117. The lowest BCUT2D eigenvalue weighted by atomic mass is 10.1. The average molecular weight is 625 g/mol. The van der Waals surface area contributed by atoms with Crippen molar-refractivity contribution >= 4 is 65.0 Å². The molecule has 1 saturated carbocycles. The van der Waals surface area contributed by atoms with E-state index in [2.05, 4.69) is 22.0 Å². The third kappa shape index (κ3) is 4.84. The topological polar surface area (TPSA) is 87.7 Å². The molecule has 0 N–H and O–H groups in total. The Bertz CT molecular complexity index is 1680. The molecule has 2 heterocycles. The van der Waals surface area contributed by atoms with Crippen molar-refractivity contribution < 1.29 is 18.0 Å². The molecule has 7 nitrogen and oxygen atoms in total. The highest BCUT2D eigenvalue weighted by molar-refractivity contribution is 9.10. The quantitative estimate of drug-likeness (QED) is 0.235. The highest BCUT2D eigenvalue weighted by Crippen LogP contribution is 2.37. The zero-order chi connectivity index (χ0) is 27.3. The molecule has 10 heteroatoms. The zero-order valence-electron chi connectivity index (χ0n) is 21.2. The molecule has 1 saturated heterocycles. The normalized spacial score (nSPS) is 18.6. The Labute approximate surface area is 239 Å². The summed E-state index contributed by atoms with van der Waals surface area (Å²) in [5, 5.41) is 0.854. The molecule has 200 valence electrons. The van der Waals surface area contributed by atoms with Gasteiger partial charge in [-0.2, -0.15) is 4.31 Å². The first-order valence-electron chi connectivity index (χ1n) is 12.9. The number of rotatable bonds is 6. The lowest BCUT2D eigenvalue weighted by Crippen LogP contribution is -2.49. The minimum Gasteiger partial charge on any atom is -0.274 e. The van der Waals surface area contributed by atoms with Crippen LogP contribution in [0.4, 0.5) is 5.69 Å². The first-order valence-corrected chi connectivity index (χ1v) is 15.9. The van der Waals surface area contributed by atoms with Crippen LogP contribution in [0.25, 0.3) is 20.8 Å². The fraction of sp³-hybridized carbons (Fsp3) is 0.276. The van der Waals surface area contributed by atoms with Crippen LogP contribution in [0.1, 0.15) is 37.7 Å². The molecular weight excluding hydrogens is 598 g/mol. The average Bonchev–Trinajstić information content (AvgIpc) is 3.64. The molecule has 3 aromatic carbocycles. The van der Waals surface area contributed by atoms with Crippen LogP contribution in [0.15, 0.2) is 76.1 Å². The van der Waals surface area contributed by atoms with Crippen molar-refractivity contribution in [3.63, 3.8) is 0 Å². The van der Waals surface area contributed by atoms with Gasteiger partial charge in [0.05, 0.1) is 27.2 Å². The van der Waals surface area contributed by atoms with Gasteiger partial charge < -0.3 is 0 Å². The largest absolute Gasteiger partial charge is 0.274 e. The molecule has 1 aliphatic heterocycles. The summed E-state index contributed by atoms with van der Waals surface area (Å²) < 4.78 is 30.8. The van der Waals surface area contributed by atoms with Crippen LogP contribution in [0.2, 0.25) is 0 Å². The van der Waals surface area contributed by atoms with E-state index >= 15 is 0 Å². The van der Waals surface area contributed by atoms with Gasteiger partial charge in [0.2, 0.25) is 15.9 Å². The number of aryl methyl sites for hydroxylation is 1. The van der Waals surface area contributed by atoms with Crippen molar-refractivity contribution in [1.29, 1.82) is 0 Å². The Hall–Kier alpha value is -2.92. The third-order valence-corrected chi connectivity index (χ3v) is 11.0. The molecule has 0 bridgehead atoms. The summed E-state index contributed by atoms with van der Waals surface area (Å²) in [6, 6.07) is 18.3. The van der Waals surface area contributed by atoms with E-state index in [0.29, 0.717) is 18.5 Å². The summed E-state index contributed by atoms with van der Waals surface area (Å²) in [6.45, 7) is 2.04. The second-order valence-corrected chi connectivity index (χ2v) is 13.8. The van der Waals surface area contributed by atoms with Crippen LogP contribution >= 0.6 is 27.3 Å². The predicted molar refractivity (Wildman–Crippen MR) is 156 cm³/mol. The Morgan fingerprint density at radius 2 is 1.67 bits per heavy atom. The predicted octanol–water partition coefficient (Wildman–Crippen LogP) is 6.30. The molecule has 1 aliphatic carbocycles. The van der Waals surface area contributed by atoms with E-state index in [4.69, 9.17) is 4.98 Å². The number of carbonyl (C=O) groups excluding carboxylic acids is 2. The minimum atomic E-state index is -4.00. The molecule has 0 spiro atoms. The van der Waals surface area contributed by atoms with E-state index in [-0.39, 0.29) is 17.4 Å². The van der Waals surface area contributed by atoms with Crippen molar-refractivity contribution in [1.82, 2.24) is 9.29 Å². The SMILES string of the molecule is Cc1ccc2nc(-c3ccc(N4C(=O)CC(N(C5CCCC5)S(=O)(=O)c5ccc(Br)cc5)C4=O)cc3)sc2c1. The van der Waals surface area contributed by atoms with Gasteiger partial charge in [0.1, 0.15) is 11.0 Å². The van der Waals surface area contributed by atoms with Crippen molar-refractivity contribution in [3.05, 3.63) is 76.8 Å². The van der Waals surface area contributed by atoms with E-state index in [0.717, 1.165) is 43.0 Å². The maximum absolute atomic E-state index is 13.8. The van der Waals surface area contributed by atoms with E-state index in [9.17, 15) is 18.0 Å². The number of fused-ring (bicyclic) bond motifs is 1. The monoisotopic (exact) mass is 623 g/mol. The second-order valence-electron chi connectivity index (χ2n) is 10.1. The van der Waals surface area contributed by atoms with Crippen LogP contribution in [0, 0.1) is 6.92 Å². The molecule has 2 amide bonds. The van der Waals surface area contributed by atoms with Crippen LogP contribution in [0.3, 0.4) is 0 Å². The number of hydrogen-bond acceptors (Lipinski definition) is 6. The van der Waals surface area contributed by atoms with Crippen LogP contribution in [-0.4, -0.2) is 41.6 Å². The molecule has 2 aliphatic rings. The fourth-order valence-electron chi connectivity index (χ4n) is 5.50. The van der Waals surface area contributed by atoms with Gasteiger partial charge in [-0.3, -0.25) is 9.59 Å². The summed E-state index contributed by atoms with van der Waals surface area (Å²) in [5.74, 6) is -0.905. The number of hydrogen-bond donors (Lipinski definition) is 0. The van der Waals surface area contributed by atoms with Gasteiger partial charge >= 0.3 is 0 Å². The van der Waals surface area contributed by atoms with Gasteiger partial charge in [0.25, 0.3) is 5.91 Å². The van der Waals surface area contributed by atoms with Crippen molar-refractivity contribution in [2.45, 2.75) is 56.0 Å². The summed E-state index contributed by atoms with van der Waals surface area (Å²) >= 11 is 4.94. The molecule has 1 aromatic heterocycles. The lowest BCUT2D eigenvalue weighted by Gasteiger charge is -2.32. The summed E-state index contributed by atoms with van der Waals surface area (Å²) in [5.41, 5.74) is 3.41. The molecule has 6 rings (SSSR count). The smallest absolute Gasteiger partial charge is 0.252 e. The molecule has 1 atom stereocenters. The number of carbonyl (C=O) groups is 2. The standard InChI is InChI=1S/C29H26BrN3O4S2/c1-18-6-15-24-26(16-18)38-28(31-24)19-7-11-21(12-8-19)32-27(34)17-25(29(32)35)33(22-4-2-3-5-22)39(36,37)23-13-9-20(30)10-14-23/h6-16,22,25H,2-5,17H2,1H3. The second kappa shape index (κ2) is 10.2. The number of imide groups is 1. The van der Waals surface area contributed by atoms with E-state index in [1.807, 2.05) is 31.2 Å². The molecule has 1 unspecified atom stereocenters. The lowest BCUT2D eigenvalue weighted by molar-refractivity contribution is -0.122. The molecule has 0 radical (unpaired) electrons. The maximum Gasteiger partial charge on any atom is 0.252 e. The molecule has 2 fully saturated rings. The van der Waals surface area contributed by atoms with Crippen molar-refractivity contribution in [2.75, 3.05) is 4.90 Å². The number of thiazole rings is 1. The van der Waals surface area contributed by atoms with Gasteiger partial charge in [0.15, 0.2) is 0 Å².